The van der Waals surface area contributed by atoms with Gasteiger partial charge in [-0.15, -0.1) is 0 Å². The van der Waals surface area contributed by atoms with Crippen LogP contribution in [0.2, 0.25) is 0 Å². The third kappa shape index (κ3) is 2.79. The van der Waals surface area contributed by atoms with Gasteiger partial charge in [-0.2, -0.15) is 0 Å². The third-order valence-corrected chi connectivity index (χ3v) is 4.38. The molecular weight excluding hydrogens is 340 g/mol. The van der Waals surface area contributed by atoms with Gasteiger partial charge in [0.2, 0.25) is 5.91 Å². The zero-order valence-electron chi connectivity index (χ0n) is 12.5. The van der Waals surface area contributed by atoms with Crippen molar-refractivity contribution in [2.75, 3.05) is 5.32 Å². The summed E-state index contributed by atoms with van der Waals surface area (Å²) in [6.45, 7) is 3.90. The molecule has 1 unspecified atom stereocenters. The van der Waals surface area contributed by atoms with E-state index >= 15 is 0 Å². The molecule has 0 saturated heterocycles. The molecule has 0 spiro atoms. The van der Waals surface area contributed by atoms with E-state index < -0.39 is 0 Å². The molecule has 4 heteroatoms. The van der Waals surface area contributed by atoms with Crippen molar-refractivity contribution in [3.63, 3.8) is 0 Å². The largest absolute Gasteiger partial charge is 0.335 e. The molecule has 1 aromatic heterocycles. The van der Waals surface area contributed by atoms with Gasteiger partial charge in [-0.25, -0.2) is 0 Å². The van der Waals surface area contributed by atoms with E-state index in [1.807, 2.05) is 67.1 Å². The molecule has 0 fully saturated rings. The van der Waals surface area contributed by atoms with Crippen LogP contribution >= 0.6 is 15.9 Å². The van der Waals surface area contributed by atoms with Crippen molar-refractivity contribution >= 4 is 38.4 Å². The van der Waals surface area contributed by atoms with E-state index in [1.165, 1.54) is 0 Å². The van der Waals surface area contributed by atoms with Gasteiger partial charge in [0.05, 0.1) is 0 Å². The second kappa shape index (κ2) is 5.97. The summed E-state index contributed by atoms with van der Waals surface area (Å²) in [5.41, 5.74) is 2.97. The molecule has 0 radical (unpaired) electrons. The lowest BCUT2D eigenvalue weighted by Gasteiger charge is -2.16. The van der Waals surface area contributed by atoms with Gasteiger partial charge < -0.3 is 9.88 Å². The van der Waals surface area contributed by atoms with Gasteiger partial charge in [0.1, 0.15) is 6.04 Å². The molecule has 1 amide bonds. The molecule has 3 rings (SSSR count). The topological polar surface area (TPSA) is 34.0 Å². The molecule has 0 aliphatic carbocycles. The van der Waals surface area contributed by atoms with Crippen molar-refractivity contribution in [1.82, 2.24) is 4.57 Å². The molecule has 1 heterocycles. The standard InChI is InChI=1S/C18H17BrN2O/c1-12-5-3-4-6-16(12)20-18(22)13(2)21-10-9-14-11-15(19)7-8-17(14)21/h3-11,13H,1-2H3,(H,20,22). The van der Waals surface area contributed by atoms with Gasteiger partial charge in [0, 0.05) is 27.3 Å². The van der Waals surface area contributed by atoms with Crippen LogP contribution in [0.4, 0.5) is 5.69 Å². The number of amides is 1. The van der Waals surface area contributed by atoms with E-state index in [0.29, 0.717) is 0 Å². The molecule has 0 aliphatic heterocycles. The average molecular weight is 357 g/mol. The number of nitrogens with zero attached hydrogens (tertiary/aromatic N) is 1. The maximum atomic E-state index is 12.5. The number of para-hydroxylation sites is 1. The molecule has 2 aromatic carbocycles. The Bertz CT molecular complexity index is 838. The maximum Gasteiger partial charge on any atom is 0.247 e. The Balaban J connectivity index is 1.87. The number of aromatic nitrogens is 1. The van der Waals surface area contributed by atoms with Crippen LogP contribution in [0.5, 0.6) is 0 Å². The minimum absolute atomic E-state index is 0.0188. The molecule has 3 nitrogen and oxygen atoms in total. The normalized spacial score (nSPS) is 12.3. The highest BCUT2D eigenvalue weighted by Crippen LogP contribution is 2.24. The number of hydrogen-bond donors (Lipinski definition) is 1. The Morgan fingerprint density at radius 1 is 1.18 bits per heavy atom. The number of benzene rings is 2. The Morgan fingerprint density at radius 3 is 2.73 bits per heavy atom. The Hall–Kier alpha value is -2.07. The molecular formula is C18H17BrN2O. The number of carbonyl (C=O) groups excluding carboxylic acids is 1. The monoisotopic (exact) mass is 356 g/mol. The van der Waals surface area contributed by atoms with Crippen LogP contribution in [-0.2, 0) is 4.79 Å². The van der Waals surface area contributed by atoms with Crippen LogP contribution in [0, 0.1) is 6.92 Å². The van der Waals surface area contributed by atoms with Crippen LogP contribution in [0.1, 0.15) is 18.5 Å². The van der Waals surface area contributed by atoms with Crippen molar-refractivity contribution in [2.24, 2.45) is 0 Å². The fourth-order valence-corrected chi connectivity index (χ4v) is 2.93. The van der Waals surface area contributed by atoms with Gasteiger partial charge in [0.25, 0.3) is 0 Å². The summed E-state index contributed by atoms with van der Waals surface area (Å²) < 4.78 is 3.03. The first-order valence-corrected chi connectivity index (χ1v) is 7.98. The van der Waals surface area contributed by atoms with E-state index in [9.17, 15) is 4.79 Å². The third-order valence-electron chi connectivity index (χ3n) is 3.88. The minimum atomic E-state index is -0.279. The maximum absolute atomic E-state index is 12.5. The second-order valence-corrected chi connectivity index (χ2v) is 6.32. The molecule has 1 N–H and O–H groups in total. The number of aryl methyl sites for hydroxylation is 1. The van der Waals surface area contributed by atoms with Crippen molar-refractivity contribution < 1.29 is 4.79 Å². The van der Waals surface area contributed by atoms with E-state index in [0.717, 1.165) is 26.6 Å². The van der Waals surface area contributed by atoms with Gasteiger partial charge >= 0.3 is 0 Å². The quantitative estimate of drug-likeness (QED) is 0.710. The molecule has 3 aromatic rings. The minimum Gasteiger partial charge on any atom is -0.335 e. The SMILES string of the molecule is Cc1ccccc1NC(=O)C(C)n1ccc2cc(Br)ccc21. The summed E-state index contributed by atoms with van der Waals surface area (Å²) in [5.74, 6) is -0.0188. The van der Waals surface area contributed by atoms with Crippen molar-refractivity contribution in [3.05, 3.63) is 64.8 Å². The summed E-state index contributed by atoms with van der Waals surface area (Å²) in [6.07, 6.45) is 1.96. The molecule has 1 atom stereocenters. The molecule has 112 valence electrons. The number of anilines is 1. The number of hydrogen-bond acceptors (Lipinski definition) is 1. The highest BCUT2D eigenvalue weighted by molar-refractivity contribution is 9.10. The van der Waals surface area contributed by atoms with Crippen LogP contribution in [0.15, 0.2) is 59.2 Å². The first-order valence-electron chi connectivity index (χ1n) is 7.19. The first kappa shape index (κ1) is 14.9. The molecule has 0 bridgehead atoms. The number of fused-ring (bicyclic) bond motifs is 1. The number of halogens is 1. The van der Waals surface area contributed by atoms with Crippen molar-refractivity contribution in [3.8, 4) is 0 Å². The Kier molecular flexibility index (Phi) is 4.03. The highest BCUT2D eigenvalue weighted by Gasteiger charge is 2.17. The zero-order valence-corrected chi connectivity index (χ0v) is 14.1. The smallest absolute Gasteiger partial charge is 0.247 e. The summed E-state index contributed by atoms with van der Waals surface area (Å²) in [4.78, 5) is 12.5. The van der Waals surface area contributed by atoms with E-state index in [1.54, 1.807) is 0 Å². The van der Waals surface area contributed by atoms with Crippen molar-refractivity contribution in [1.29, 1.82) is 0 Å². The lowest BCUT2D eigenvalue weighted by Crippen LogP contribution is -2.23. The number of carbonyl (C=O) groups is 1. The van der Waals surface area contributed by atoms with Crippen LogP contribution < -0.4 is 5.32 Å². The van der Waals surface area contributed by atoms with E-state index in [4.69, 9.17) is 0 Å². The van der Waals surface area contributed by atoms with E-state index in [-0.39, 0.29) is 11.9 Å². The lowest BCUT2D eigenvalue weighted by molar-refractivity contribution is -0.118. The Labute approximate surface area is 138 Å². The van der Waals surface area contributed by atoms with Gasteiger partial charge in [0.15, 0.2) is 0 Å². The lowest BCUT2D eigenvalue weighted by atomic mass is 10.2. The average Bonchev–Trinajstić information content (AvgIpc) is 2.91. The number of nitrogens with one attached hydrogen (secondary N) is 1. The summed E-state index contributed by atoms with van der Waals surface area (Å²) >= 11 is 3.47. The van der Waals surface area contributed by atoms with Gasteiger partial charge in [-0.05, 0) is 49.7 Å². The van der Waals surface area contributed by atoms with E-state index in [2.05, 4.69) is 27.3 Å². The van der Waals surface area contributed by atoms with Crippen LogP contribution in [0.3, 0.4) is 0 Å². The fourth-order valence-electron chi connectivity index (χ4n) is 2.55. The van der Waals surface area contributed by atoms with Gasteiger partial charge in [-0.1, -0.05) is 34.1 Å². The summed E-state index contributed by atoms with van der Waals surface area (Å²) in [5, 5.41) is 4.12. The molecule has 0 aliphatic rings. The predicted octanol–water partition coefficient (Wildman–Crippen LogP) is 4.91. The van der Waals surface area contributed by atoms with Gasteiger partial charge in [-0.3, -0.25) is 4.79 Å². The highest BCUT2D eigenvalue weighted by atomic mass is 79.9. The Morgan fingerprint density at radius 2 is 1.95 bits per heavy atom. The second-order valence-electron chi connectivity index (χ2n) is 5.41. The van der Waals surface area contributed by atoms with Crippen molar-refractivity contribution in [2.45, 2.75) is 19.9 Å². The summed E-state index contributed by atoms with van der Waals surface area (Å²) in [6, 6.07) is 15.6. The molecule has 22 heavy (non-hydrogen) atoms. The van der Waals surface area contributed by atoms with Crippen LogP contribution in [-0.4, -0.2) is 10.5 Å². The number of rotatable bonds is 3. The molecule has 0 saturated carbocycles. The first-order chi connectivity index (χ1) is 10.6. The fraction of sp³-hybridized carbons (Fsp3) is 0.167. The summed E-state index contributed by atoms with van der Waals surface area (Å²) in [7, 11) is 0. The van der Waals surface area contributed by atoms with Crippen LogP contribution in [0.25, 0.3) is 10.9 Å². The predicted molar refractivity (Wildman–Crippen MR) is 94.2 cm³/mol. The zero-order chi connectivity index (χ0) is 15.7.